The molecule has 2 fully saturated rings. The van der Waals surface area contributed by atoms with E-state index in [1.165, 1.54) is 5.01 Å². The monoisotopic (exact) mass is 435 g/mol. The number of halogens is 1. The van der Waals surface area contributed by atoms with Crippen molar-refractivity contribution in [3.63, 3.8) is 0 Å². The Morgan fingerprint density at radius 2 is 1.77 bits per heavy atom. The van der Waals surface area contributed by atoms with E-state index in [4.69, 9.17) is 16.3 Å². The van der Waals surface area contributed by atoms with Crippen LogP contribution in [0, 0.1) is 0 Å². The van der Waals surface area contributed by atoms with Gasteiger partial charge in [-0.2, -0.15) is 0 Å². The molecular formula is C21H26ClN3O5. The molecule has 9 heteroatoms. The molecule has 2 aliphatic heterocycles. The molecule has 0 saturated carbocycles. The Balaban J connectivity index is 1.94. The number of esters is 1. The lowest BCUT2D eigenvalue weighted by Crippen LogP contribution is -2.62. The fourth-order valence-corrected chi connectivity index (χ4v) is 4.11. The number of rotatable bonds is 6. The number of carbonyl (C=O) groups is 4. The number of piperidine rings is 1. The summed E-state index contributed by atoms with van der Waals surface area (Å²) in [5.41, 5.74) is -1.05. The van der Waals surface area contributed by atoms with E-state index in [1.807, 2.05) is 5.01 Å². The van der Waals surface area contributed by atoms with Gasteiger partial charge >= 0.3 is 5.97 Å². The van der Waals surface area contributed by atoms with E-state index in [0.717, 1.165) is 24.2 Å². The lowest BCUT2D eigenvalue weighted by atomic mass is 9.97. The van der Waals surface area contributed by atoms with Crippen molar-refractivity contribution < 1.29 is 23.9 Å². The lowest BCUT2D eigenvalue weighted by molar-refractivity contribution is -0.156. The maximum Gasteiger partial charge on any atom is 0.326 e. The molecule has 0 bridgehead atoms. The number of likely N-dealkylation sites (tertiary alicyclic amines) is 1. The van der Waals surface area contributed by atoms with Gasteiger partial charge in [-0.25, -0.2) is 5.01 Å². The van der Waals surface area contributed by atoms with Gasteiger partial charge in [0, 0.05) is 23.7 Å². The summed E-state index contributed by atoms with van der Waals surface area (Å²) in [6, 6.07) is 6.42. The standard InChI is InChI=1S/C21H26ClN3O5/c1-3-30-18(27)14-24-17(26)13-21(2,20(24)29)25(23-11-5-4-6-12-23)19(28)15-7-9-16(22)10-8-15/h7-10H,3-6,11-14H2,1-2H3/t21-/m0/s1. The Hall–Kier alpha value is -2.45. The summed E-state index contributed by atoms with van der Waals surface area (Å²) in [5, 5.41) is 3.76. The molecule has 3 rings (SSSR count). The molecule has 3 amide bonds. The third kappa shape index (κ3) is 4.34. The molecule has 1 aromatic carbocycles. The molecule has 0 radical (unpaired) electrons. The number of imide groups is 1. The van der Waals surface area contributed by atoms with Crippen LogP contribution in [0.3, 0.4) is 0 Å². The summed E-state index contributed by atoms with van der Waals surface area (Å²) in [5.74, 6) is -2.11. The molecular weight excluding hydrogens is 410 g/mol. The maximum atomic E-state index is 13.5. The minimum Gasteiger partial charge on any atom is -0.465 e. The van der Waals surface area contributed by atoms with Crippen LogP contribution in [0.25, 0.3) is 0 Å². The average Bonchev–Trinajstić information content (AvgIpc) is 2.93. The molecule has 2 saturated heterocycles. The van der Waals surface area contributed by atoms with Gasteiger partial charge in [0.05, 0.1) is 13.0 Å². The number of benzene rings is 1. The van der Waals surface area contributed by atoms with Crippen LogP contribution in [0.1, 0.15) is 49.9 Å². The highest BCUT2D eigenvalue weighted by Crippen LogP contribution is 2.34. The Morgan fingerprint density at radius 3 is 2.37 bits per heavy atom. The molecule has 30 heavy (non-hydrogen) atoms. The Morgan fingerprint density at radius 1 is 1.13 bits per heavy atom. The first-order chi connectivity index (χ1) is 14.3. The van der Waals surface area contributed by atoms with Crippen LogP contribution in [-0.2, 0) is 19.1 Å². The van der Waals surface area contributed by atoms with Crippen LogP contribution < -0.4 is 0 Å². The molecule has 0 spiro atoms. The summed E-state index contributed by atoms with van der Waals surface area (Å²) >= 11 is 5.95. The summed E-state index contributed by atoms with van der Waals surface area (Å²) in [7, 11) is 0. The number of nitrogens with zero attached hydrogens (tertiary/aromatic N) is 3. The third-order valence-corrected chi connectivity index (χ3v) is 5.71. The maximum absolute atomic E-state index is 13.5. The minimum atomic E-state index is -1.42. The van der Waals surface area contributed by atoms with Gasteiger partial charge in [0.1, 0.15) is 12.1 Å². The number of hydrogen-bond acceptors (Lipinski definition) is 6. The van der Waals surface area contributed by atoms with E-state index >= 15 is 0 Å². The van der Waals surface area contributed by atoms with Crippen molar-refractivity contribution in [3.05, 3.63) is 34.9 Å². The van der Waals surface area contributed by atoms with Gasteiger partial charge in [0.15, 0.2) is 0 Å². The largest absolute Gasteiger partial charge is 0.465 e. The topological polar surface area (TPSA) is 87.2 Å². The van der Waals surface area contributed by atoms with E-state index in [9.17, 15) is 19.2 Å². The van der Waals surface area contributed by atoms with Crippen LogP contribution in [0.4, 0.5) is 0 Å². The van der Waals surface area contributed by atoms with Gasteiger partial charge in [0.25, 0.3) is 11.8 Å². The highest BCUT2D eigenvalue weighted by Gasteiger charge is 2.56. The molecule has 0 aromatic heterocycles. The molecule has 0 aliphatic carbocycles. The Labute approximate surface area is 180 Å². The second kappa shape index (κ2) is 9.14. The number of hydrazine groups is 1. The molecule has 162 valence electrons. The number of amides is 3. The molecule has 0 N–H and O–H groups in total. The summed E-state index contributed by atoms with van der Waals surface area (Å²) in [4.78, 5) is 52.2. The molecule has 8 nitrogen and oxygen atoms in total. The number of ether oxygens (including phenoxy) is 1. The molecule has 2 aliphatic rings. The lowest BCUT2D eigenvalue weighted by Gasteiger charge is -2.45. The van der Waals surface area contributed by atoms with Crippen LogP contribution in [0.15, 0.2) is 24.3 Å². The normalized spacial score (nSPS) is 22.3. The predicted octanol–water partition coefficient (Wildman–Crippen LogP) is 2.26. The molecule has 2 heterocycles. The average molecular weight is 436 g/mol. The van der Waals surface area contributed by atoms with Gasteiger partial charge in [-0.1, -0.05) is 18.0 Å². The van der Waals surface area contributed by atoms with Crippen molar-refractivity contribution in [1.29, 1.82) is 0 Å². The van der Waals surface area contributed by atoms with Crippen LogP contribution in [0.5, 0.6) is 0 Å². The summed E-state index contributed by atoms with van der Waals surface area (Å²) < 4.78 is 4.88. The highest BCUT2D eigenvalue weighted by atomic mass is 35.5. The fraction of sp³-hybridized carbons (Fsp3) is 0.524. The van der Waals surface area contributed by atoms with Gasteiger partial charge < -0.3 is 4.74 Å². The van der Waals surface area contributed by atoms with Crippen molar-refractivity contribution in [2.45, 2.75) is 45.1 Å². The number of hydrogen-bond donors (Lipinski definition) is 0. The number of carbonyl (C=O) groups excluding carboxylic acids is 4. The summed E-state index contributed by atoms with van der Waals surface area (Å²) in [6.45, 7) is 4.15. The van der Waals surface area contributed by atoms with Gasteiger partial charge in [0.2, 0.25) is 5.91 Å². The van der Waals surface area contributed by atoms with Gasteiger partial charge in [-0.05, 0) is 51.0 Å². The summed E-state index contributed by atoms with van der Waals surface area (Å²) in [6.07, 6.45) is 2.61. The quantitative estimate of drug-likeness (QED) is 0.503. The fourth-order valence-electron chi connectivity index (χ4n) is 3.99. The molecule has 1 atom stereocenters. The SMILES string of the molecule is CCOC(=O)CN1C(=O)C[C@](C)(N(C(=O)c2ccc(Cl)cc2)N2CCCCC2)C1=O. The molecule has 0 unspecified atom stereocenters. The van der Waals surface area contributed by atoms with E-state index in [-0.39, 0.29) is 18.9 Å². The van der Waals surface area contributed by atoms with Crippen LogP contribution in [-0.4, -0.2) is 70.4 Å². The van der Waals surface area contributed by atoms with E-state index in [2.05, 4.69) is 0 Å². The smallest absolute Gasteiger partial charge is 0.326 e. The van der Waals surface area contributed by atoms with Gasteiger partial charge in [-0.3, -0.25) is 29.1 Å². The van der Waals surface area contributed by atoms with Crippen LogP contribution >= 0.6 is 11.6 Å². The highest BCUT2D eigenvalue weighted by molar-refractivity contribution is 6.30. The van der Waals surface area contributed by atoms with Crippen molar-refractivity contribution in [2.75, 3.05) is 26.2 Å². The van der Waals surface area contributed by atoms with Crippen molar-refractivity contribution in [2.24, 2.45) is 0 Å². The first kappa shape index (κ1) is 22.2. The second-order valence-corrected chi connectivity index (χ2v) is 8.12. The van der Waals surface area contributed by atoms with E-state index in [1.54, 1.807) is 38.1 Å². The first-order valence-corrected chi connectivity index (χ1v) is 10.5. The Kier molecular flexibility index (Phi) is 6.77. The first-order valence-electron chi connectivity index (χ1n) is 10.1. The second-order valence-electron chi connectivity index (χ2n) is 7.68. The molecule has 1 aromatic rings. The van der Waals surface area contributed by atoms with E-state index < -0.39 is 29.9 Å². The Bertz CT molecular complexity index is 838. The van der Waals surface area contributed by atoms with Crippen molar-refractivity contribution in [1.82, 2.24) is 14.9 Å². The van der Waals surface area contributed by atoms with E-state index in [0.29, 0.717) is 23.7 Å². The van der Waals surface area contributed by atoms with Crippen molar-refractivity contribution >= 4 is 35.3 Å². The zero-order chi connectivity index (χ0) is 21.9. The third-order valence-electron chi connectivity index (χ3n) is 5.46. The zero-order valence-electron chi connectivity index (χ0n) is 17.2. The zero-order valence-corrected chi connectivity index (χ0v) is 18.0. The minimum absolute atomic E-state index is 0.154. The predicted molar refractivity (Wildman–Crippen MR) is 109 cm³/mol. The van der Waals surface area contributed by atoms with Crippen LogP contribution in [0.2, 0.25) is 5.02 Å². The van der Waals surface area contributed by atoms with Gasteiger partial charge in [-0.15, -0.1) is 0 Å². The van der Waals surface area contributed by atoms with Crippen molar-refractivity contribution in [3.8, 4) is 0 Å².